The highest BCUT2D eigenvalue weighted by Crippen LogP contribution is 2.34. The van der Waals surface area contributed by atoms with Gasteiger partial charge >= 0.3 is 5.97 Å². The van der Waals surface area contributed by atoms with Crippen LogP contribution in [0.25, 0.3) is 11.0 Å². The van der Waals surface area contributed by atoms with Crippen LogP contribution in [0.15, 0.2) is 12.3 Å². The quantitative estimate of drug-likeness (QED) is 0.626. The highest BCUT2D eigenvalue weighted by molar-refractivity contribution is 6.28. The van der Waals surface area contributed by atoms with Gasteiger partial charge in [0.25, 0.3) is 0 Å². The number of aromatic nitrogens is 3. The molecule has 0 bridgehead atoms. The summed E-state index contributed by atoms with van der Waals surface area (Å²) in [7, 11) is 1.39. The predicted octanol–water partition coefficient (Wildman–Crippen LogP) is 2.99. The van der Waals surface area contributed by atoms with Crippen molar-refractivity contribution in [2.75, 3.05) is 7.11 Å². The van der Waals surface area contributed by atoms with Gasteiger partial charge in [-0.2, -0.15) is 4.98 Å². The Kier molecular flexibility index (Phi) is 3.14. The number of ether oxygens (including phenoxy) is 1. The Balaban J connectivity index is 2.22. The molecular weight excluding hydrogens is 266 g/mol. The highest BCUT2D eigenvalue weighted by atomic mass is 35.5. The third kappa shape index (κ3) is 2.08. The number of hydrogen-bond donors (Lipinski definition) is 0. The van der Waals surface area contributed by atoms with Gasteiger partial charge in [0.05, 0.1) is 7.11 Å². The molecule has 6 heteroatoms. The minimum absolute atomic E-state index is 0.196. The standard InChI is InChI=1S/C13H14ClN3O2/c1-19-12(18)10-6-8-7-15-13(14)16-11(8)17(10)9-4-2-3-5-9/h6-7,9H,2-5H2,1H3. The number of carbonyl (C=O) groups is 1. The van der Waals surface area contributed by atoms with Gasteiger partial charge in [-0.05, 0) is 30.5 Å². The molecule has 0 atom stereocenters. The second kappa shape index (κ2) is 4.81. The highest BCUT2D eigenvalue weighted by Gasteiger charge is 2.25. The lowest BCUT2D eigenvalue weighted by atomic mass is 10.2. The molecule has 0 N–H and O–H groups in total. The fourth-order valence-corrected chi connectivity index (χ4v) is 2.91. The van der Waals surface area contributed by atoms with Crippen molar-refractivity contribution in [2.24, 2.45) is 0 Å². The van der Waals surface area contributed by atoms with Gasteiger partial charge in [-0.15, -0.1) is 0 Å². The van der Waals surface area contributed by atoms with Crippen molar-refractivity contribution in [3.8, 4) is 0 Å². The number of halogens is 1. The molecule has 2 heterocycles. The first-order valence-corrected chi connectivity index (χ1v) is 6.70. The average Bonchev–Trinajstić information content (AvgIpc) is 3.03. The summed E-state index contributed by atoms with van der Waals surface area (Å²) in [6.45, 7) is 0. The predicted molar refractivity (Wildman–Crippen MR) is 71.4 cm³/mol. The molecular formula is C13H14ClN3O2. The van der Waals surface area contributed by atoms with Crippen LogP contribution in [0.2, 0.25) is 5.28 Å². The Morgan fingerprint density at radius 2 is 2.21 bits per heavy atom. The normalized spacial score (nSPS) is 16.1. The summed E-state index contributed by atoms with van der Waals surface area (Å²) in [6, 6.07) is 2.06. The first kappa shape index (κ1) is 12.4. The minimum Gasteiger partial charge on any atom is -0.464 e. The number of nitrogens with zero attached hydrogens (tertiary/aromatic N) is 3. The maximum atomic E-state index is 11.9. The van der Waals surface area contributed by atoms with E-state index < -0.39 is 0 Å². The Hall–Kier alpha value is -1.62. The van der Waals surface area contributed by atoms with Gasteiger partial charge in [0.2, 0.25) is 5.28 Å². The van der Waals surface area contributed by atoms with Crippen molar-refractivity contribution >= 4 is 28.6 Å². The molecule has 0 aromatic carbocycles. The Morgan fingerprint density at radius 1 is 1.47 bits per heavy atom. The van der Waals surface area contributed by atoms with Gasteiger partial charge in [-0.1, -0.05) is 12.8 Å². The number of fused-ring (bicyclic) bond motifs is 1. The van der Waals surface area contributed by atoms with Crippen LogP contribution in [0.5, 0.6) is 0 Å². The molecule has 2 aromatic heterocycles. The van der Waals surface area contributed by atoms with Crippen LogP contribution in [-0.4, -0.2) is 27.6 Å². The van der Waals surface area contributed by atoms with Crippen molar-refractivity contribution in [3.63, 3.8) is 0 Å². The molecule has 1 fully saturated rings. The van der Waals surface area contributed by atoms with E-state index in [1.165, 1.54) is 20.0 Å². The Labute approximate surface area is 115 Å². The molecule has 0 saturated heterocycles. The largest absolute Gasteiger partial charge is 0.464 e. The van der Waals surface area contributed by atoms with Crippen LogP contribution < -0.4 is 0 Å². The number of rotatable bonds is 2. The van der Waals surface area contributed by atoms with Gasteiger partial charge in [0.1, 0.15) is 11.3 Å². The smallest absolute Gasteiger partial charge is 0.354 e. The number of hydrogen-bond acceptors (Lipinski definition) is 4. The van der Waals surface area contributed by atoms with Gasteiger partial charge < -0.3 is 9.30 Å². The van der Waals surface area contributed by atoms with Crippen molar-refractivity contribution in [3.05, 3.63) is 23.2 Å². The molecule has 1 aliphatic carbocycles. The zero-order valence-electron chi connectivity index (χ0n) is 10.6. The second-order valence-electron chi connectivity index (χ2n) is 4.75. The summed E-state index contributed by atoms with van der Waals surface area (Å²) in [4.78, 5) is 20.2. The average molecular weight is 280 g/mol. The molecule has 0 unspecified atom stereocenters. The van der Waals surface area contributed by atoms with E-state index >= 15 is 0 Å². The van der Waals surface area contributed by atoms with Crippen LogP contribution in [0, 0.1) is 0 Å². The van der Waals surface area contributed by atoms with Gasteiger partial charge in [-0.25, -0.2) is 9.78 Å². The summed E-state index contributed by atoms with van der Waals surface area (Å²) >= 11 is 5.87. The van der Waals surface area contributed by atoms with E-state index in [2.05, 4.69) is 9.97 Å². The maximum Gasteiger partial charge on any atom is 0.354 e. The summed E-state index contributed by atoms with van der Waals surface area (Å²) in [6.07, 6.45) is 6.08. The summed E-state index contributed by atoms with van der Waals surface area (Å²) in [5.41, 5.74) is 1.24. The van der Waals surface area contributed by atoms with Gasteiger partial charge in [-0.3, -0.25) is 0 Å². The molecule has 2 aromatic rings. The third-order valence-electron chi connectivity index (χ3n) is 3.63. The van der Waals surface area contributed by atoms with E-state index in [0.717, 1.165) is 18.2 Å². The molecule has 1 aliphatic rings. The molecule has 0 amide bonds. The number of carbonyl (C=O) groups excluding carboxylic acids is 1. The molecule has 0 spiro atoms. The first-order valence-electron chi connectivity index (χ1n) is 6.32. The van der Waals surface area contributed by atoms with Gasteiger partial charge in [0.15, 0.2) is 0 Å². The fourth-order valence-electron chi connectivity index (χ4n) is 2.78. The van der Waals surface area contributed by atoms with E-state index in [-0.39, 0.29) is 17.3 Å². The molecule has 5 nitrogen and oxygen atoms in total. The van der Waals surface area contributed by atoms with Crippen molar-refractivity contribution < 1.29 is 9.53 Å². The zero-order chi connectivity index (χ0) is 13.4. The van der Waals surface area contributed by atoms with Crippen LogP contribution in [0.4, 0.5) is 0 Å². The third-order valence-corrected chi connectivity index (χ3v) is 3.81. The summed E-state index contributed by atoms with van der Waals surface area (Å²) < 4.78 is 6.82. The van der Waals surface area contributed by atoms with E-state index in [4.69, 9.17) is 16.3 Å². The van der Waals surface area contributed by atoms with Crippen LogP contribution in [0.1, 0.15) is 42.2 Å². The first-order chi connectivity index (χ1) is 9.20. The maximum absolute atomic E-state index is 11.9. The number of esters is 1. The van der Waals surface area contributed by atoms with Crippen molar-refractivity contribution in [1.29, 1.82) is 0 Å². The molecule has 0 radical (unpaired) electrons. The summed E-state index contributed by atoms with van der Waals surface area (Å²) in [5.74, 6) is -0.346. The van der Waals surface area contributed by atoms with E-state index in [1.807, 2.05) is 4.57 Å². The van der Waals surface area contributed by atoms with E-state index in [1.54, 1.807) is 12.3 Å². The Morgan fingerprint density at radius 3 is 2.89 bits per heavy atom. The molecule has 3 rings (SSSR count). The van der Waals surface area contributed by atoms with E-state index in [0.29, 0.717) is 11.3 Å². The fraction of sp³-hybridized carbons (Fsp3) is 0.462. The Bertz CT molecular complexity index is 632. The lowest BCUT2D eigenvalue weighted by Gasteiger charge is -2.15. The van der Waals surface area contributed by atoms with Crippen LogP contribution >= 0.6 is 11.6 Å². The molecule has 100 valence electrons. The molecule has 19 heavy (non-hydrogen) atoms. The van der Waals surface area contributed by atoms with Gasteiger partial charge in [0, 0.05) is 17.6 Å². The van der Waals surface area contributed by atoms with Crippen molar-refractivity contribution in [2.45, 2.75) is 31.7 Å². The van der Waals surface area contributed by atoms with Crippen LogP contribution in [0.3, 0.4) is 0 Å². The van der Waals surface area contributed by atoms with Crippen LogP contribution in [-0.2, 0) is 4.74 Å². The lowest BCUT2D eigenvalue weighted by Crippen LogP contribution is -2.14. The van der Waals surface area contributed by atoms with Crippen molar-refractivity contribution in [1.82, 2.24) is 14.5 Å². The number of methoxy groups -OCH3 is 1. The zero-order valence-corrected chi connectivity index (χ0v) is 11.4. The molecule has 0 aliphatic heterocycles. The SMILES string of the molecule is COC(=O)c1cc2cnc(Cl)nc2n1C1CCCC1. The monoisotopic (exact) mass is 279 g/mol. The molecule has 1 saturated carbocycles. The topological polar surface area (TPSA) is 57.0 Å². The summed E-state index contributed by atoms with van der Waals surface area (Å²) in [5, 5.41) is 1.01. The minimum atomic E-state index is -0.346. The second-order valence-corrected chi connectivity index (χ2v) is 5.09. The van der Waals surface area contributed by atoms with E-state index in [9.17, 15) is 4.79 Å². The lowest BCUT2D eigenvalue weighted by molar-refractivity contribution is 0.0586.